The molecular formula is C13H22O3. The Balaban J connectivity index is 2.87. The largest absolute Gasteiger partial charge is 0.481 e. The van der Waals surface area contributed by atoms with Crippen molar-refractivity contribution in [3.05, 3.63) is 0 Å². The van der Waals surface area contributed by atoms with E-state index in [1.165, 1.54) is 26.2 Å². The molecule has 0 aromatic heterocycles. The highest BCUT2D eigenvalue weighted by Gasteiger charge is 2.44. The molecule has 0 radical (unpaired) electrons. The molecule has 1 unspecified atom stereocenters. The molecule has 92 valence electrons. The molecule has 1 saturated carbocycles. The summed E-state index contributed by atoms with van der Waals surface area (Å²) in [5.74, 6) is -1.67. The summed E-state index contributed by atoms with van der Waals surface area (Å²) < 4.78 is 0. The number of carboxylic acid groups (broad SMARTS) is 1. The molecule has 0 saturated heterocycles. The molecule has 1 aliphatic carbocycles. The molecule has 0 aromatic rings. The van der Waals surface area contributed by atoms with Crippen molar-refractivity contribution in [2.24, 2.45) is 17.3 Å². The number of aliphatic carboxylic acids is 1. The second-order valence-electron chi connectivity index (χ2n) is 5.54. The number of carbonyl (C=O) groups is 2. The van der Waals surface area contributed by atoms with Gasteiger partial charge in [-0.3, -0.25) is 9.59 Å². The minimum absolute atomic E-state index is 0.219. The van der Waals surface area contributed by atoms with Gasteiger partial charge in [-0.2, -0.15) is 0 Å². The van der Waals surface area contributed by atoms with Gasteiger partial charge in [0.1, 0.15) is 11.7 Å². The lowest BCUT2D eigenvalue weighted by atomic mass is 9.63. The molecule has 1 aliphatic rings. The zero-order valence-corrected chi connectivity index (χ0v) is 10.5. The maximum absolute atomic E-state index is 11.5. The molecule has 0 heterocycles. The highest BCUT2D eigenvalue weighted by Crippen LogP contribution is 2.43. The van der Waals surface area contributed by atoms with E-state index in [2.05, 4.69) is 0 Å². The van der Waals surface area contributed by atoms with E-state index in [4.69, 9.17) is 0 Å². The standard InChI is InChI=1S/C13H22O3/c1-9(14)11(12(15)16)13(2,3)10-7-5-4-6-8-10/h10-11H,4-8H2,1-3H3,(H,15,16). The van der Waals surface area contributed by atoms with E-state index in [0.29, 0.717) is 5.92 Å². The van der Waals surface area contributed by atoms with Gasteiger partial charge < -0.3 is 5.11 Å². The van der Waals surface area contributed by atoms with Crippen LogP contribution in [0.3, 0.4) is 0 Å². The highest BCUT2D eigenvalue weighted by molar-refractivity contribution is 5.97. The molecule has 0 aromatic carbocycles. The Morgan fingerprint density at radius 3 is 2.06 bits per heavy atom. The molecule has 0 aliphatic heterocycles. The number of rotatable bonds is 4. The monoisotopic (exact) mass is 226 g/mol. The van der Waals surface area contributed by atoms with Crippen molar-refractivity contribution < 1.29 is 14.7 Å². The van der Waals surface area contributed by atoms with E-state index >= 15 is 0 Å². The summed E-state index contributed by atoms with van der Waals surface area (Å²) in [6.07, 6.45) is 5.69. The lowest BCUT2D eigenvalue weighted by molar-refractivity contribution is -0.152. The summed E-state index contributed by atoms with van der Waals surface area (Å²) >= 11 is 0. The van der Waals surface area contributed by atoms with E-state index in [1.54, 1.807) is 0 Å². The fourth-order valence-electron chi connectivity index (χ4n) is 3.10. The van der Waals surface area contributed by atoms with Crippen LogP contribution in [-0.4, -0.2) is 16.9 Å². The lowest BCUT2D eigenvalue weighted by Gasteiger charge is -2.40. The first-order valence-electron chi connectivity index (χ1n) is 6.10. The van der Waals surface area contributed by atoms with Crippen molar-refractivity contribution in [2.75, 3.05) is 0 Å². The molecule has 0 spiro atoms. The van der Waals surface area contributed by atoms with E-state index in [0.717, 1.165) is 12.8 Å². The predicted octanol–water partition coefficient (Wildman–Crippen LogP) is 2.88. The Hall–Kier alpha value is -0.860. The Bertz CT molecular complexity index is 261. The van der Waals surface area contributed by atoms with Gasteiger partial charge in [0.15, 0.2) is 0 Å². The first kappa shape index (κ1) is 13.2. The maximum atomic E-state index is 11.5. The first-order chi connectivity index (χ1) is 7.37. The van der Waals surface area contributed by atoms with Gasteiger partial charge in [0.2, 0.25) is 0 Å². The number of hydrogen-bond acceptors (Lipinski definition) is 2. The Morgan fingerprint density at radius 2 is 1.69 bits per heavy atom. The maximum Gasteiger partial charge on any atom is 0.314 e. The SMILES string of the molecule is CC(=O)C(C(=O)O)C(C)(C)C1CCCCC1. The predicted molar refractivity (Wildman–Crippen MR) is 62.2 cm³/mol. The molecule has 16 heavy (non-hydrogen) atoms. The van der Waals surface area contributed by atoms with Gasteiger partial charge in [0.05, 0.1) is 0 Å². The third-order valence-electron chi connectivity index (χ3n) is 4.05. The van der Waals surface area contributed by atoms with Crippen LogP contribution in [-0.2, 0) is 9.59 Å². The molecule has 1 N–H and O–H groups in total. The highest BCUT2D eigenvalue weighted by atomic mass is 16.4. The molecular weight excluding hydrogens is 204 g/mol. The van der Waals surface area contributed by atoms with Crippen molar-refractivity contribution in [3.63, 3.8) is 0 Å². The summed E-state index contributed by atoms with van der Waals surface area (Å²) in [6, 6.07) is 0. The van der Waals surface area contributed by atoms with Crippen molar-refractivity contribution in [1.82, 2.24) is 0 Å². The Labute approximate surface area is 97.2 Å². The van der Waals surface area contributed by atoms with Crippen LogP contribution in [0.5, 0.6) is 0 Å². The molecule has 1 atom stereocenters. The van der Waals surface area contributed by atoms with Gasteiger partial charge >= 0.3 is 5.97 Å². The van der Waals surface area contributed by atoms with Crippen molar-refractivity contribution in [2.45, 2.75) is 52.9 Å². The minimum Gasteiger partial charge on any atom is -0.481 e. The van der Waals surface area contributed by atoms with Crippen LogP contribution >= 0.6 is 0 Å². The van der Waals surface area contributed by atoms with Crippen LogP contribution in [0.4, 0.5) is 0 Å². The van der Waals surface area contributed by atoms with Gasteiger partial charge in [0, 0.05) is 0 Å². The average molecular weight is 226 g/mol. The topological polar surface area (TPSA) is 54.4 Å². The number of hydrogen-bond donors (Lipinski definition) is 1. The van der Waals surface area contributed by atoms with Crippen LogP contribution in [0, 0.1) is 17.3 Å². The van der Waals surface area contributed by atoms with Crippen molar-refractivity contribution >= 4 is 11.8 Å². The van der Waals surface area contributed by atoms with E-state index in [-0.39, 0.29) is 5.78 Å². The minimum atomic E-state index is -0.969. The van der Waals surface area contributed by atoms with Gasteiger partial charge in [0.25, 0.3) is 0 Å². The molecule has 3 heteroatoms. The normalized spacial score (nSPS) is 20.4. The average Bonchev–Trinajstić information content (AvgIpc) is 2.17. The third kappa shape index (κ3) is 2.63. The van der Waals surface area contributed by atoms with Crippen molar-refractivity contribution in [3.8, 4) is 0 Å². The van der Waals surface area contributed by atoms with Crippen LogP contribution in [0.25, 0.3) is 0 Å². The summed E-state index contributed by atoms with van der Waals surface area (Å²) in [4.78, 5) is 22.7. The lowest BCUT2D eigenvalue weighted by Crippen LogP contribution is -2.42. The summed E-state index contributed by atoms with van der Waals surface area (Å²) in [5, 5.41) is 9.19. The van der Waals surface area contributed by atoms with E-state index < -0.39 is 17.3 Å². The van der Waals surface area contributed by atoms with Crippen LogP contribution in [0.15, 0.2) is 0 Å². The zero-order valence-electron chi connectivity index (χ0n) is 10.5. The quantitative estimate of drug-likeness (QED) is 0.750. The van der Waals surface area contributed by atoms with Gasteiger partial charge in [-0.05, 0) is 31.1 Å². The number of ketones is 1. The summed E-state index contributed by atoms with van der Waals surface area (Å²) in [6.45, 7) is 5.26. The fourth-order valence-corrected chi connectivity index (χ4v) is 3.10. The number of carboxylic acids is 1. The van der Waals surface area contributed by atoms with E-state index in [1.807, 2.05) is 13.8 Å². The third-order valence-corrected chi connectivity index (χ3v) is 4.05. The molecule has 0 bridgehead atoms. The fraction of sp³-hybridized carbons (Fsp3) is 0.846. The van der Waals surface area contributed by atoms with Gasteiger partial charge in [-0.1, -0.05) is 33.1 Å². The van der Waals surface area contributed by atoms with Crippen LogP contribution < -0.4 is 0 Å². The second-order valence-corrected chi connectivity index (χ2v) is 5.54. The summed E-state index contributed by atoms with van der Waals surface area (Å²) in [7, 11) is 0. The van der Waals surface area contributed by atoms with Crippen LogP contribution in [0.1, 0.15) is 52.9 Å². The summed E-state index contributed by atoms with van der Waals surface area (Å²) in [5.41, 5.74) is -0.419. The zero-order chi connectivity index (χ0) is 12.3. The molecule has 0 amide bonds. The van der Waals surface area contributed by atoms with Gasteiger partial charge in [-0.25, -0.2) is 0 Å². The second kappa shape index (κ2) is 4.98. The number of Topliss-reactive ketones (excluding diaryl/α,β-unsaturated/α-hetero) is 1. The number of carbonyl (C=O) groups excluding carboxylic acids is 1. The Morgan fingerprint density at radius 1 is 1.19 bits per heavy atom. The van der Waals surface area contributed by atoms with Gasteiger partial charge in [-0.15, -0.1) is 0 Å². The van der Waals surface area contributed by atoms with Crippen LogP contribution in [0.2, 0.25) is 0 Å². The molecule has 3 nitrogen and oxygen atoms in total. The van der Waals surface area contributed by atoms with Crippen molar-refractivity contribution in [1.29, 1.82) is 0 Å². The Kier molecular flexibility index (Phi) is 4.11. The first-order valence-corrected chi connectivity index (χ1v) is 6.10. The molecule has 1 fully saturated rings. The smallest absolute Gasteiger partial charge is 0.314 e. The molecule has 1 rings (SSSR count). The van der Waals surface area contributed by atoms with E-state index in [9.17, 15) is 14.7 Å².